The van der Waals surface area contributed by atoms with Crippen molar-refractivity contribution in [2.45, 2.75) is 25.9 Å². The van der Waals surface area contributed by atoms with Gasteiger partial charge in [-0.05, 0) is 41.8 Å². The number of likely N-dealkylation sites (N-methyl/N-ethyl adjacent to an activating group) is 1. The maximum Gasteiger partial charge on any atom is 0.244 e. The lowest BCUT2D eigenvalue weighted by atomic mass is 10.0. The fraction of sp³-hybridized carbons (Fsp3) is 0.259. The quantitative estimate of drug-likeness (QED) is 0.399. The van der Waals surface area contributed by atoms with Crippen molar-refractivity contribution >= 4 is 43.5 Å². The topological polar surface area (TPSA) is 86.8 Å². The molecule has 0 heterocycles. The molecule has 0 aromatic heterocycles. The molecule has 0 saturated heterocycles. The Kier molecular flexibility index (Phi) is 9.28. The van der Waals surface area contributed by atoms with Gasteiger partial charge in [-0.2, -0.15) is 0 Å². The summed E-state index contributed by atoms with van der Waals surface area (Å²) in [4.78, 5) is 28.3. The third kappa shape index (κ3) is 7.18. The lowest BCUT2D eigenvalue weighted by molar-refractivity contribution is -0.139. The molecule has 3 aromatic rings. The first kappa shape index (κ1) is 27.4. The minimum atomic E-state index is -3.79. The van der Waals surface area contributed by atoms with Crippen LogP contribution in [-0.4, -0.2) is 51.0 Å². The highest BCUT2D eigenvalue weighted by Crippen LogP contribution is 2.25. The van der Waals surface area contributed by atoms with E-state index in [0.717, 1.165) is 31.7 Å². The van der Waals surface area contributed by atoms with E-state index in [1.54, 1.807) is 18.2 Å². The number of carbonyl (C=O) groups is 2. The largest absolute Gasteiger partial charge is 0.357 e. The molecule has 3 rings (SSSR count). The molecule has 1 atom stereocenters. The number of amides is 2. The normalized spacial score (nSPS) is 12.0. The predicted molar refractivity (Wildman–Crippen MR) is 146 cm³/mol. The molecule has 9 heteroatoms. The second kappa shape index (κ2) is 12.2. The van der Waals surface area contributed by atoms with Crippen molar-refractivity contribution < 1.29 is 18.0 Å². The Morgan fingerprint density at radius 1 is 0.944 bits per heavy atom. The standard InChI is InChI=1S/C27H30BrN3O4S/c1-20-16-23(14-15-24(20)28)31(36(3,34)35)19-26(32)30(18-22-12-8-5-9-13-22)25(27(33)29-2)17-21-10-6-4-7-11-21/h4-16,25H,17-19H2,1-3H3,(H,29,33). The maximum absolute atomic E-state index is 13.8. The summed E-state index contributed by atoms with van der Waals surface area (Å²) in [5.74, 6) is -0.803. The van der Waals surface area contributed by atoms with E-state index in [2.05, 4.69) is 21.2 Å². The Morgan fingerprint density at radius 2 is 1.53 bits per heavy atom. The van der Waals surface area contributed by atoms with Crippen LogP contribution in [0, 0.1) is 6.92 Å². The molecular formula is C27H30BrN3O4S. The van der Waals surface area contributed by atoms with Gasteiger partial charge in [0.2, 0.25) is 21.8 Å². The molecule has 1 unspecified atom stereocenters. The van der Waals surface area contributed by atoms with E-state index < -0.39 is 28.5 Å². The van der Waals surface area contributed by atoms with Crippen molar-refractivity contribution in [3.05, 3.63) is 100 Å². The highest BCUT2D eigenvalue weighted by Gasteiger charge is 2.32. The molecule has 2 amide bonds. The van der Waals surface area contributed by atoms with E-state index in [1.807, 2.05) is 67.6 Å². The summed E-state index contributed by atoms with van der Waals surface area (Å²) in [6.07, 6.45) is 1.36. The average molecular weight is 573 g/mol. The Labute approximate surface area is 221 Å². The maximum atomic E-state index is 13.8. The number of rotatable bonds is 10. The van der Waals surface area contributed by atoms with Gasteiger partial charge in [0.25, 0.3) is 0 Å². The number of halogens is 1. The molecule has 0 fully saturated rings. The van der Waals surface area contributed by atoms with E-state index in [4.69, 9.17) is 0 Å². The zero-order valence-corrected chi connectivity index (χ0v) is 22.9. The van der Waals surface area contributed by atoms with Crippen LogP contribution in [0.25, 0.3) is 0 Å². The van der Waals surface area contributed by atoms with Gasteiger partial charge in [-0.1, -0.05) is 76.6 Å². The summed E-state index contributed by atoms with van der Waals surface area (Å²) in [5, 5.41) is 2.67. The van der Waals surface area contributed by atoms with Gasteiger partial charge < -0.3 is 10.2 Å². The van der Waals surface area contributed by atoms with Crippen LogP contribution in [0.3, 0.4) is 0 Å². The van der Waals surface area contributed by atoms with Crippen LogP contribution in [0.1, 0.15) is 16.7 Å². The van der Waals surface area contributed by atoms with Gasteiger partial charge >= 0.3 is 0 Å². The number of anilines is 1. The Bertz CT molecular complexity index is 1300. The van der Waals surface area contributed by atoms with Crippen molar-refractivity contribution in [1.82, 2.24) is 10.2 Å². The number of nitrogens with one attached hydrogen (secondary N) is 1. The molecule has 190 valence electrons. The van der Waals surface area contributed by atoms with E-state index in [0.29, 0.717) is 5.69 Å². The predicted octanol–water partition coefficient (Wildman–Crippen LogP) is 3.91. The van der Waals surface area contributed by atoms with Crippen LogP contribution >= 0.6 is 15.9 Å². The fourth-order valence-corrected chi connectivity index (χ4v) is 4.99. The molecule has 0 bridgehead atoms. The summed E-state index contributed by atoms with van der Waals surface area (Å²) in [5.41, 5.74) is 2.94. The number of sulfonamides is 1. The van der Waals surface area contributed by atoms with Crippen molar-refractivity contribution in [2.24, 2.45) is 0 Å². The van der Waals surface area contributed by atoms with Gasteiger partial charge in [-0.3, -0.25) is 13.9 Å². The minimum absolute atomic E-state index is 0.154. The minimum Gasteiger partial charge on any atom is -0.357 e. The number of benzene rings is 3. The van der Waals surface area contributed by atoms with Crippen molar-refractivity contribution in [3.8, 4) is 0 Å². The lowest BCUT2D eigenvalue weighted by Gasteiger charge is -2.33. The van der Waals surface area contributed by atoms with E-state index in [1.165, 1.54) is 11.9 Å². The molecule has 0 aliphatic carbocycles. The molecule has 0 radical (unpaired) electrons. The van der Waals surface area contributed by atoms with Crippen LogP contribution in [-0.2, 0) is 32.6 Å². The molecule has 0 aliphatic heterocycles. The number of aryl methyl sites for hydroxylation is 1. The summed E-state index contributed by atoms with van der Waals surface area (Å²) in [7, 11) is -2.26. The smallest absolute Gasteiger partial charge is 0.244 e. The number of hydrogen-bond acceptors (Lipinski definition) is 4. The summed E-state index contributed by atoms with van der Waals surface area (Å²) < 4.78 is 27.4. The van der Waals surface area contributed by atoms with Gasteiger partial charge in [0.15, 0.2) is 0 Å². The van der Waals surface area contributed by atoms with Gasteiger partial charge in [-0.25, -0.2) is 8.42 Å². The van der Waals surface area contributed by atoms with Gasteiger partial charge in [0.1, 0.15) is 12.6 Å². The zero-order valence-electron chi connectivity index (χ0n) is 20.5. The van der Waals surface area contributed by atoms with Crippen LogP contribution in [0.5, 0.6) is 0 Å². The molecule has 1 N–H and O–H groups in total. The van der Waals surface area contributed by atoms with Crippen molar-refractivity contribution in [2.75, 3.05) is 24.2 Å². The SMILES string of the molecule is CNC(=O)C(Cc1ccccc1)N(Cc1ccccc1)C(=O)CN(c1ccc(Br)c(C)c1)S(C)(=O)=O. The third-order valence-corrected chi connectivity index (χ3v) is 7.85. The highest BCUT2D eigenvalue weighted by atomic mass is 79.9. The molecular weight excluding hydrogens is 542 g/mol. The molecule has 7 nitrogen and oxygen atoms in total. The molecule has 0 aliphatic rings. The summed E-state index contributed by atoms with van der Waals surface area (Å²) in [6.45, 7) is 1.57. The van der Waals surface area contributed by atoms with Gasteiger partial charge in [0, 0.05) is 24.5 Å². The number of hydrogen-bond donors (Lipinski definition) is 1. The Morgan fingerprint density at radius 3 is 2.06 bits per heavy atom. The summed E-state index contributed by atoms with van der Waals surface area (Å²) in [6, 6.07) is 23.0. The zero-order chi connectivity index (χ0) is 26.3. The fourth-order valence-electron chi connectivity index (χ4n) is 3.90. The van der Waals surface area contributed by atoms with Crippen LogP contribution < -0.4 is 9.62 Å². The monoisotopic (exact) mass is 571 g/mol. The van der Waals surface area contributed by atoms with Gasteiger partial charge in [0.05, 0.1) is 11.9 Å². The van der Waals surface area contributed by atoms with Crippen LogP contribution in [0.15, 0.2) is 83.3 Å². The molecule has 3 aromatic carbocycles. The first-order valence-corrected chi connectivity index (χ1v) is 14.1. The number of carbonyl (C=O) groups excluding carboxylic acids is 2. The Balaban J connectivity index is 2.01. The van der Waals surface area contributed by atoms with E-state index >= 15 is 0 Å². The van der Waals surface area contributed by atoms with Gasteiger partial charge in [-0.15, -0.1) is 0 Å². The lowest BCUT2D eigenvalue weighted by Crippen LogP contribution is -2.52. The molecule has 0 saturated carbocycles. The van der Waals surface area contributed by atoms with E-state index in [9.17, 15) is 18.0 Å². The van der Waals surface area contributed by atoms with E-state index in [-0.39, 0.29) is 18.9 Å². The Hall–Kier alpha value is -3.17. The highest BCUT2D eigenvalue weighted by molar-refractivity contribution is 9.10. The first-order valence-electron chi connectivity index (χ1n) is 11.4. The third-order valence-electron chi connectivity index (χ3n) is 5.82. The summed E-state index contributed by atoms with van der Waals surface area (Å²) >= 11 is 3.43. The first-order chi connectivity index (χ1) is 17.1. The number of nitrogens with zero attached hydrogens (tertiary/aromatic N) is 2. The van der Waals surface area contributed by atoms with Crippen LogP contribution in [0.4, 0.5) is 5.69 Å². The molecule has 0 spiro atoms. The second-order valence-corrected chi connectivity index (χ2v) is 11.3. The van der Waals surface area contributed by atoms with Crippen molar-refractivity contribution in [3.63, 3.8) is 0 Å². The van der Waals surface area contributed by atoms with Crippen LogP contribution in [0.2, 0.25) is 0 Å². The molecule has 36 heavy (non-hydrogen) atoms. The van der Waals surface area contributed by atoms with Crippen molar-refractivity contribution in [1.29, 1.82) is 0 Å². The average Bonchev–Trinajstić information content (AvgIpc) is 2.86. The second-order valence-electron chi connectivity index (χ2n) is 8.53.